The minimum Gasteiger partial charge on any atom is -0.374 e. The molecule has 0 bridgehead atoms. The number of amides is 1. The van der Waals surface area contributed by atoms with Crippen LogP contribution in [0.25, 0.3) is 0 Å². The summed E-state index contributed by atoms with van der Waals surface area (Å²) in [6, 6.07) is 1.87. The summed E-state index contributed by atoms with van der Waals surface area (Å²) in [6.07, 6.45) is 4.33. The number of hydrogen-bond donors (Lipinski definition) is 0. The van der Waals surface area contributed by atoms with Crippen molar-refractivity contribution in [1.82, 2.24) is 24.5 Å². The Kier molecular flexibility index (Phi) is 5.51. The second-order valence-corrected chi connectivity index (χ2v) is 6.67. The molecule has 26 heavy (non-hydrogen) atoms. The normalized spacial score (nSPS) is 18.0. The van der Waals surface area contributed by atoms with Gasteiger partial charge < -0.3 is 9.64 Å². The maximum atomic E-state index is 12.8. The van der Waals surface area contributed by atoms with Gasteiger partial charge in [-0.05, 0) is 33.3 Å². The molecular formula is C18H25N5O3. The Labute approximate surface area is 152 Å². The number of carbonyl (C=O) groups excluding carboxylic acids is 2. The molecule has 1 fully saturated rings. The molecule has 2 aromatic rings. The predicted molar refractivity (Wildman–Crippen MR) is 94.9 cm³/mol. The second-order valence-electron chi connectivity index (χ2n) is 6.67. The number of Topliss-reactive ketones (excluding diaryl/α,β-unsaturated/α-hetero) is 1. The van der Waals surface area contributed by atoms with Gasteiger partial charge in [0.15, 0.2) is 5.78 Å². The third-order valence-electron chi connectivity index (χ3n) is 4.67. The first-order valence-corrected chi connectivity index (χ1v) is 8.87. The van der Waals surface area contributed by atoms with Crippen LogP contribution in [0.3, 0.4) is 0 Å². The Bertz CT molecular complexity index is 781. The zero-order chi connectivity index (χ0) is 18.7. The fourth-order valence-corrected chi connectivity index (χ4v) is 3.44. The first-order valence-electron chi connectivity index (χ1n) is 8.87. The smallest absolute Gasteiger partial charge is 0.244 e. The van der Waals surface area contributed by atoms with E-state index in [9.17, 15) is 9.59 Å². The van der Waals surface area contributed by atoms with E-state index < -0.39 is 0 Å². The van der Waals surface area contributed by atoms with E-state index in [4.69, 9.17) is 4.74 Å². The van der Waals surface area contributed by atoms with Crippen molar-refractivity contribution in [2.45, 2.75) is 46.4 Å². The SMILES string of the molecule is CC(=O)c1c(C)nn(CC(=O)N2CCCO[C@H](Cn3cccn3)C2)c1C. The molecule has 1 amide bonds. The Balaban J connectivity index is 1.68. The number of carbonyl (C=O) groups is 2. The minimum atomic E-state index is -0.0883. The number of ketones is 1. The van der Waals surface area contributed by atoms with Gasteiger partial charge in [-0.1, -0.05) is 0 Å². The number of hydrogen-bond acceptors (Lipinski definition) is 5. The van der Waals surface area contributed by atoms with E-state index in [2.05, 4.69) is 10.2 Å². The monoisotopic (exact) mass is 359 g/mol. The first kappa shape index (κ1) is 18.3. The lowest BCUT2D eigenvalue weighted by Gasteiger charge is -2.24. The molecule has 0 aliphatic carbocycles. The molecule has 0 N–H and O–H groups in total. The fraction of sp³-hybridized carbons (Fsp3) is 0.556. The fourth-order valence-electron chi connectivity index (χ4n) is 3.44. The molecule has 2 aromatic heterocycles. The van der Waals surface area contributed by atoms with Crippen molar-refractivity contribution in [3.05, 3.63) is 35.4 Å². The van der Waals surface area contributed by atoms with Crippen LogP contribution in [0.1, 0.15) is 35.1 Å². The van der Waals surface area contributed by atoms with Crippen LogP contribution >= 0.6 is 0 Å². The quantitative estimate of drug-likeness (QED) is 0.750. The summed E-state index contributed by atoms with van der Waals surface area (Å²) in [6.45, 7) is 7.71. The van der Waals surface area contributed by atoms with Gasteiger partial charge in [0, 0.05) is 37.8 Å². The Morgan fingerprint density at radius 2 is 2.15 bits per heavy atom. The highest BCUT2D eigenvalue weighted by Gasteiger charge is 2.25. The van der Waals surface area contributed by atoms with Gasteiger partial charge in [0.2, 0.25) is 5.91 Å². The highest BCUT2D eigenvalue weighted by molar-refractivity contribution is 5.96. The van der Waals surface area contributed by atoms with Gasteiger partial charge in [-0.3, -0.25) is 19.0 Å². The summed E-state index contributed by atoms with van der Waals surface area (Å²) in [5.41, 5.74) is 2.01. The molecule has 0 spiro atoms. The average Bonchev–Trinajstić information content (AvgIpc) is 3.09. The molecular weight excluding hydrogens is 334 g/mol. The molecule has 140 valence electrons. The molecule has 8 nitrogen and oxygen atoms in total. The lowest BCUT2D eigenvalue weighted by molar-refractivity contribution is -0.133. The molecule has 8 heteroatoms. The third-order valence-corrected chi connectivity index (χ3v) is 4.67. The van der Waals surface area contributed by atoms with E-state index in [1.165, 1.54) is 6.92 Å². The maximum Gasteiger partial charge on any atom is 0.244 e. The molecule has 3 rings (SSSR count). The number of ether oxygens (including phenoxy) is 1. The second kappa shape index (κ2) is 7.82. The van der Waals surface area contributed by atoms with Crippen LogP contribution < -0.4 is 0 Å². The lowest BCUT2D eigenvalue weighted by atomic mass is 10.1. The predicted octanol–water partition coefficient (Wildman–Crippen LogP) is 1.22. The van der Waals surface area contributed by atoms with E-state index in [0.717, 1.165) is 12.1 Å². The highest BCUT2D eigenvalue weighted by atomic mass is 16.5. The Morgan fingerprint density at radius 3 is 2.81 bits per heavy atom. The van der Waals surface area contributed by atoms with E-state index in [0.29, 0.717) is 37.5 Å². The third kappa shape index (κ3) is 4.01. The van der Waals surface area contributed by atoms with Crippen LogP contribution in [0.5, 0.6) is 0 Å². The summed E-state index contributed by atoms with van der Waals surface area (Å²) in [4.78, 5) is 26.4. The molecule has 1 aliphatic rings. The molecule has 0 radical (unpaired) electrons. The van der Waals surface area contributed by atoms with E-state index in [1.807, 2.05) is 28.8 Å². The van der Waals surface area contributed by atoms with Gasteiger partial charge in [0.25, 0.3) is 0 Å². The maximum absolute atomic E-state index is 12.8. The van der Waals surface area contributed by atoms with Crippen molar-refractivity contribution in [1.29, 1.82) is 0 Å². The molecule has 3 heterocycles. The molecule has 1 saturated heterocycles. The van der Waals surface area contributed by atoms with Crippen molar-refractivity contribution >= 4 is 11.7 Å². The molecule has 0 saturated carbocycles. The van der Waals surface area contributed by atoms with Crippen LogP contribution in [0.4, 0.5) is 0 Å². The van der Waals surface area contributed by atoms with Gasteiger partial charge >= 0.3 is 0 Å². The van der Waals surface area contributed by atoms with E-state index in [1.54, 1.807) is 17.8 Å². The summed E-state index contributed by atoms with van der Waals surface area (Å²) >= 11 is 0. The number of rotatable bonds is 5. The van der Waals surface area contributed by atoms with Crippen molar-refractivity contribution in [2.24, 2.45) is 0 Å². The van der Waals surface area contributed by atoms with Crippen molar-refractivity contribution in [3.8, 4) is 0 Å². The zero-order valence-corrected chi connectivity index (χ0v) is 15.5. The molecule has 0 aromatic carbocycles. The highest BCUT2D eigenvalue weighted by Crippen LogP contribution is 2.15. The van der Waals surface area contributed by atoms with Crippen LogP contribution in [-0.4, -0.2) is 62.0 Å². The average molecular weight is 359 g/mol. The largest absolute Gasteiger partial charge is 0.374 e. The standard InChI is InChI=1S/C18H25N5O3/c1-13-18(15(3)24)14(2)23(20-13)12-17(25)21-7-5-9-26-16(10-21)11-22-8-4-6-19-22/h4,6,8,16H,5,7,9-12H2,1-3H3/t16-/m0/s1. The topological polar surface area (TPSA) is 82.3 Å². The lowest BCUT2D eigenvalue weighted by Crippen LogP contribution is -2.40. The summed E-state index contributed by atoms with van der Waals surface area (Å²) in [7, 11) is 0. The number of aromatic nitrogens is 4. The van der Waals surface area contributed by atoms with Crippen LogP contribution in [0.2, 0.25) is 0 Å². The molecule has 0 unspecified atom stereocenters. The van der Waals surface area contributed by atoms with Crippen molar-refractivity contribution in [2.75, 3.05) is 19.7 Å². The van der Waals surface area contributed by atoms with Gasteiger partial charge in [-0.25, -0.2) is 0 Å². The van der Waals surface area contributed by atoms with E-state index >= 15 is 0 Å². The van der Waals surface area contributed by atoms with Crippen LogP contribution in [0.15, 0.2) is 18.5 Å². The summed E-state index contributed by atoms with van der Waals surface area (Å²) in [5, 5.41) is 8.58. The first-order chi connectivity index (χ1) is 12.5. The van der Waals surface area contributed by atoms with Crippen LogP contribution in [0, 0.1) is 13.8 Å². The number of nitrogens with zero attached hydrogens (tertiary/aromatic N) is 5. The van der Waals surface area contributed by atoms with Crippen LogP contribution in [-0.2, 0) is 22.6 Å². The van der Waals surface area contributed by atoms with Gasteiger partial charge in [-0.15, -0.1) is 0 Å². The zero-order valence-electron chi connectivity index (χ0n) is 15.5. The minimum absolute atomic E-state index is 0.0123. The van der Waals surface area contributed by atoms with Gasteiger partial charge in [0.1, 0.15) is 6.54 Å². The summed E-state index contributed by atoms with van der Waals surface area (Å²) < 4.78 is 9.31. The van der Waals surface area contributed by atoms with E-state index in [-0.39, 0.29) is 24.3 Å². The van der Waals surface area contributed by atoms with Crippen molar-refractivity contribution < 1.29 is 14.3 Å². The Morgan fingerprint density at radius 1 is 1.35 bits per heavy atom. The molecule has 1 aliphatic heterocycles. The molecule has 1 atom stereocenters. The van der Waals surface area contributed by atoms with Gasteiger partial charge in [-0.2, -0.15) is 10.2 Å². The number of aryl methyl sites for hydroxylation is 1. The summed E-state index contributed by atoms with van der Waals surface area (Å²) in [5.74, 6) is -0.0391. The van der Waals surface area contributed by atoms with Gasteiger partial charge in [0.05, 0.1) is 23.9 Å². The Hall–Kier alpha value is -2.48. The van der Waals surface area contributed by atoms with Crippen molar-refractivity contribution in [3.63, 3.8) is 0 Å².